The lowest BCUT2D eigenvalue weighted by molar-refractivity contribution is -0.146. The second kappa shape index (κ2) is 13.0. The second-order valence-electron chi connectivity index (χ2n) is 10.6. The van der Waals surface area contributed by atoms with Crippen LogP contribution in [-0.2, 0) is 19.7 Å². The van der Waals surface area contributed by atoms with Crippen LogP contribution in [0.15, 0.2) is 84.9 Å². The predicted octanol–water partition coefficient (Wildman–Crippen LogP) is 6.37. The van der Waals surface area contributed by atoms with Gasteiger partial charge in [-0.2, -0.15) is 0 Å². The Morgan fingerprint density at radius 1 is 0.868 bits per heavy atom. The largest absolute Gasteiger partial charge is 0.468 e. The number of Topliss-reactive ketones (excluding diaryl/α,β-unsaturated/α-hetero) is 1. The Morgan fingerprint density at radius 2 is 1.42 bits per heavy atom. The van der Waals surface area contributed by atoms with E-state index < -0.39 is 5.41 Å². The number of benzene rings is 3. The maximum atomic E-state index is 12.8. The fraction of sp³-hybridized carbons (Fsp3) is 0.394. The van der Waals surface area contributed by atoms with Gasteiger partial charge in [0.2, 0.25) is 0 Å². The molecule has 0 atom stereocenters. The molecule has 5 nitrogen and oxygen atoms in total. The molecular weight excluding hydrogens is 474 g/mol. The van der Waals surface area contributed by atoms with E-state index in [4.69, 9.17) is 9.47 Å². The van der Waals surface area contributed by atoms with Gasteiger partial charge in [0.15, 0.2) is 5.78 Å². The van der Waals surface area contributed by atoms with Crippen molar-refractivity contribution in [2.45, 2.75) is 57.2 Å². The average molecular weight is 514 g/mol. The summed E-state index contributed by atoms with van der Waals surface area (Å²) in [4.78, 5) is 27.2. The number of hydrogen-bond acceptors (Lipinski definition) is 5. The monoisotopic (exact) mass is 513 g/mol. The molecule has 3 aromatic carbocycles. The predicted molar refractivity (Wildman–Crippen MR) is 150 cm³/mol. The van der Waals surface area contributed by atoms with Gasteiger partial charge in [-0.1, -0.05) is 84.9 Å². The molecule has 0 saturated carbocycles. The third kappa shape index (κ3) is 6.97. The van der Waals surface area contributed by atoms with Crippen molar-refractivity contribution in [3.05, 3.63) is 107 Å². The molecular formula is C33H39NO4. The highest BCUT2D eigenvalue weighted by molar-refractivity contribution is 5.96. The van der Waals surface area contributed by atoms with Crippen LogP contribution < -0.4 is 0 Å². The lowest BCUT2D eigenvalue weighted by atomic mass is 9.84. The number of methoxy groups -OCH3 is 1. The number of carbonyl (C=O) groups excluding carboxylic acids is 2. The molecule has 5 heteroatoms. The molecule has 0 amide bonds. The number of nitrogens with zero attached hydrogens (tertiary/aromatic N) is 1. The van der Waals surface area contributed by atoms with Crippen molar-refractivity contribution in [3.63, 3.8) is 0 Å². The molecule has 0 spiro atoms. The summed E-state index contributed by atoms with van der Waals surface area (Å²) in [6, 6.07) is 28.2. The second-order valence-corrected chi connectivity index (χ2v) is 10.6. The van der Waals surface area contributed by atoms with E-state index in [1.54, 1.807) is 0 Å². The number of ether oxygens (including phenoxy) is 2. The van der Waals surface area contributed by atoms with E-state index >= 15 is 0 Å². The van der Waals surface area contributed by atoms with Gasteiger partial charge < -0.3 is 14.4 Å². The first-order valence-corrected chi connectivity index (χ1v) is 13.6. The van der Waals surface area contributed by atoms with E-state index in [1.807, 2.05) is 50.2 Å². The molecule has 1 fully saturated rings. The molecule has 1 aliphatic heterocycles. The normalized spacial score (nSPS) is 14.9. The van der Waals surface area contributed by atoms with Gasteiger partial charge in [0.25, 0.3) is 0 Å². The molecule has 0 N–H and O–H groups in total. The Labute approximate surface area is 226 Å². The number of likely N-dealkylation sites (tertiary alicyclic amines) is 1. The van der Waals surface area contributed by atoms with E-state index in [1.165, 1.54) is 18.2 Å². The van der Waals surface area contributed by atoms with E-state index in [-0.39, 0.29) is 24.0 Å². The van der Waals surface area contributed by atoms with Crippen LogP contribution in [0, 0.1) is 0 Å². The summed E-state index contributed by atoms with van der Waals surface area (Å²) in [6.07, 6.45) is 3.47. The van der Waals surface area contributed by atoms with Crippen LogP contribution in [0.3, 0.4) is 0 Å². The van der Waals surface area contributed by atoms with Crippen molar-refractivity contribution in [2.75, 3.05) is 26.7 Å². The highest BCUT2D eigenvalue weighted by Gasteiger charge is 2.31. The number of ketones is 1. The van der Waals surface area contributed by atoms with E-state index in [9.17, 15) is 9.59 Å². The molecule has 1 heterocycles. The van der Waals surface area contributed by atoms with Crippen LogP contribution in [0.4, 0.5) is 0 Å². The molecule has 0 aromatic heterocycles. The molecule has 0 aliphatic carbocycles. The topological polar surface area (TPSA) is 55.8 Å². The summed E-state index contributed by atoms with van der Waals surface area (Å²) in [7, 11) is 1.39. The van der Waals surface area contributed by atoms with Gasteiger partial charge >= 0.3 is 5.97 Å². The first-order valence-electron chi connectivity index (χ1n) is 13.6. The zero-order chi connectivity index (χ0) is 27.0. The van der Waals surface area contributed by atoms with Crippen molar-refractivity contribution in [3.8, 4) is 0 Å². The Kier molecular flexibility index (Phi) is 9.48. The van der Waals surface area contributed by atoms with Gasteiger partial charge in [0, 0.05) is 25.1 Å². The van der Waals surface area contributed by atoms with Crippen molar-refractivity contribution >= 4 is 11.8 Å². The minimum atomic E-state index is -0.742. The Hall–Kier alpha value is -3.28. The van der Waals surface area contributed by atoms with Crippen LogP contribution in [0.2, 0.25) is 0 Å². The minimum absolute atomic E-state index is 0.0591. The lowest BCUT2D eigenvalue weighted by Crippen LogP contribution is -2.38. The lowest BCUT2D eigenvalue weighted by Gasteiger charge is -2.34. The minimum Gasteiger partial charge on any atom is -0.468 e. The number of piperidine rings is 1. The van der Waals surface area contributed by atoms with Gasteiger partial charge in [-0.05, 0) is 56.3 Å². The highest BCUT2D eigenvalue weighted by Crippen LogP contribution is 2.30. The van der Waals surface area contributed by atoms with Gasteiger partial charge in [-0.3, -0.25) is 9.59 Å². The molecule has 0 radical (unpaired) electrons. The van der Waals surface area contributed by atoms with Crippen molar-refractivity contribution < 1.29 is 19.1 Å². The van der Waals surface area contributed by atoms with Gasteiger partial charge in [0.1, 0.15) is 6.10 Å². The molecule has 0 bridgehead atoms. The smallest absolute Gasteiger partial charge is 0.315 e. The zero-order valence-corrected chi connectivity index (χ0v) is 22.8. The number of esters is 1. The molecule has 1 aliphatic rings. The fourth-order valence-electron chi connectivity index (χ4n) is 5.12. The molecule has 0 unspecified atom stereocenters. The fourth-order valence-corrected chi connectivity index (χ4v) is 5.12. The first-order chi connectivity index (χ1) is 18.4. The maximum absolute atomic E-state index is 12.8. The summed E-state index contributed by atoms with van der Waals surface area (Å²) in [6.45, 7) is 6.52. The van der Waals surface area contributed by atoms with Crippen molar-refractivity contribution in [1.82, 2.24) is 4.90 Å². The molecule has 200 valence electrons. The average Bonchev–Trinajstić information content (AvgIpc) is 2.97. The van der Waals surface area contributed by atoms with E-state index in [0.717, 1.165) is 44.5 Å². The van der Waals surface area contributed by atoms with E-state index in [0.29, 0.717) is 12.0 Å². The number of carbonyl (C=O) groups is 2. The van der Waals surface area contributed by atoms with Crippen LogP contribution in [-0.4, -0.2) is 49.5 Å². The van der Waals surface area contributed by atoms with Gasteiger partial charge in [0.05, 0.1) is 18.6 Å². The quantitative estimate of drug-likeness (QED) is 0.220. The molecule has 4 rings (SSSR count). The Balaban J connectivity index is 1.24. The number of hydrogen-bond donors (Lipinski definition) is 0. The van der Waals surface area contributed by atoms with Crippen LogP contribution in [0.5, 0.6) is 0 Å². The molecule has 3 aromatic rings. The summed E-state index contributed by atoms with van der Waals surface area (Å²) < 4.78 is 11.6. The third-order valence-electron chi connectivity index (χ3n) is 7.57. The van der Waals surface area contributed by atoms with Gasteiger partial charge in [-0.25, -0.2) is 0 Å². The zero-order valence-electron chi connectivity index (χ0n) is 22.8. The standard InChI is InChI=1S/C33H39NO4/c1-33(2,32(36)37-3)28-18-16-25(17-19-28)30(35)15-10-22-34-23-20-29(21-24-34)38-31(26-11-6-4-7-12-26)27-13-8-5-9-14-27/h4-9,11-14,16-19,29,31H,10,15,20-24H2,1-3H3. The third-order valence-corrected chi connectivity index (χ3v) is 7.57. The van der Waals surface area contributed by atoms with Gasteiger partial charge in [-0.15, -0.1) is 0 Å². The van der Waals surface area contributed by atoms with Crippen LogP contribution in [0.25, 0.3) is 0 Å². The molecule has 38 heavy (non-hydrogen) atoms. The molecule has 1 saturated heterocycles. The van der Waals surface area contributed by atoms with Crippen LogP contribution >= 0.6 is 0 Å². The summed E-state index contributed by atoms with van der Waals surface area (Å²) in [5.41, 5.74) is 3.15. The summed E-state index contributed by atoms with van der Waals surface area (Å²) in [5.74, 6) is -0.152. The van der Waals surface area contributed by atoms with E-state index in [2.05, 4.69) is 53.4 Å². The van der Waals surface area contributed by atoms with Crippen molar-refractivity contribution in [1.29, 1.82) is 0 Å². The van der Waals surface area contributed by atoms with Crippen molar-refractivity contribution in [2.24, 2.45) is 0 Å². The Morgan fingerprint density at radius 3 is 1.95 bits per heavy atom. The first kappa shape index (κ1) is 27.7. The summed E-state index contributed by atoms with van der Waals surface area (Å²) in [5, 5.41) is 0. The number of rotatable bonds is 11. The van der Waals surface area contributed by atoms with Crippen LogP contribution in [0.1, 0.15) is 72.7 Å². The Bertz CT molecular complexity index is 1130. The maximum Gasteiger partial charge on any atom is 0.315 e. The highest BCUT2D eigenvalue weighted by atomic mass is 16.5. The summed E-state index contributed by atoms with van der Waals surface area (Å²) >= 11 is 0. The SMILES string of the molecule is COC(=O)C(C)(C)c1ccc(C(=O)CCCN2CCC(OC(c3ccccc3)c3ccccc3)CC2)cc1.